The molecule has 1 fully saturated rings. The Labute approximate surface area is 275 Å². The molecule has 0 saturated heterocycles. The summed E-state index contributed by atoms with van der Waals surface area (Å²) in [5, 5.41) is 33.3. The maximum atomic E-state index is 13.1. The molecule has 6 unspecified atom stereocenters. The van der Waals surface area contributed by atoms with E-state index in [4.69, 9.17) is 10.5 Å². The van der Waals surface area contributed by atoms with Gasteiger partial charge in [-0.15, -0.1) is 0 Å². The Bertz CT molecular complexity index is 1660. The number of hydrogen-bond acceptors (Lipinski definition) is 8. The zero-order valence-corrected chi connectivity index (χ0v) is 26.9. The summed E-state index contributed by atoms with van der Waals surface area (Å²) in [6, 6.07) is 9.17. The van der Waals surface area contributed by atoms with Gasteiger partial charge in [0.15, 0.2) is 29.2 Å². The molecule has 9 nitrogen and oxygen atoms in total. The van der Waals surface area contributed by atoms with Gasteiger partial charge in [0.25, 0.3) is 0 Å². The molecule has 6 N–H and O–H groups in total. The van der Waals surface area contributed by atoms with Crippen LogP contribution in [0.15, 0.2) is 61.0 Å². The zero-order chi connectivity index (χ0) is 33.1. The van der Waals surface area contributed by atoms with Crippen molar-refractivity contribution < 1.29 is 29.6 Å². The monoisotopic (exact) mass is 639 g/mol. The number of phenols is 1. The smallest absolute Gasteiger partial charge is 0.170 e. The minimum Gasteiger partial charge on any atom is -0.504 e. The summed E-state index contributed by atoms with van der Waals surface area (Å²) in [7, 11) is 1.46. The van der Waals surface area contributed by atoms with Crippen LogP contribution in [0.2, 0.25) is 0 Å². The van der Waals surface area contributed by atoms with Gasteiger partial charge >= 0.3 is 0 Å². The van der Waals surface area contributed by atoms with Gasteiger partial charge in [-0.1, -0.05) is 43.2 Å². The van der Waals surface area contributed by atoms with Gasteiger partial charge in [0.1, 0.15) is 5.82 Å². The van der Waals surface area contributed by atoms with Crippen molar-refractivity contribution in [3.05, 3.63) is 88.9 Å². The number of aromatic amines is 1. The SMILES string of the molecule is COc1cc(CCC(=O)C(O)C(=O)CC2C=CC3CCCCC3C2)cc(C2c3ccnc(N)c3C=CC2(CO)Cc2ccc[nH]2)c1O. The summed E-state index contributed by atoms with van der Waals surface area (Å²) in [4.78, 5) is 33.6. The van der Waals surface area contributed by atoms with E-state index in [-0.39, 0.29) is 43.3 Å². The number of carbonyl (C=O) groups is 2. The second-order valence-electron chi connectivity index (χ2n) is 13.6. The van der Waals surface area contributed by atoms with Crippen molar-refractivity contribution in [2.75, 3.05) is 19.5 Å². The van der Waals surface area contributed by atoms with Crippen LogP contribution in [0.25, 0.3) is 6.08 Å². The fraction of sp³-hybridized carbons (Fsp3) is 0.447. The zero-order valence-electron chi connectivity index (χ0n) is 26.9. The van der Waals surface area contributed by atoms with E-state index in [1.807, 2.05) is 42.6 Å². The molecule has 3 aliphatic rings. The lowest BCUT2D eigenvalue weighted by Crippen LogP contribution is -2.36. The van der Waals surface area contributed by atoms with E-state index in [1.165, 1.54) is 32.8 Å². The number of nitrogens with one attached hydrogen (secondary N) is 1. The number of pyridine rings is 1. The fourth-order valence-corrected chi connectivity index (χ4v) is 8.13. The van der Waals surface area contributed by atoms with E-state index in [0.717, 1.165) is 17.7 Å². The molecule has 2 aromatic heterocycles. The quantitative estimate of drug-likeness (QED) is 0.132. The number of aliphatic hydroxyl groups is 2. The van der Waals surface area contributed by atoms with Crippen molar-refractivity contribution in [2.24, 2.45) is 23.2 Å². The third kappa shape index (κ3) is 6.64. The summed E-state index contributed by atoms with van der Waals surface area (Å²) < 4.78 is 5.58. The normalized spacial score (nSPS) is 25.5. The Morgan fingerprint density at radius 2 is 1.98 bits per heavy atom. The number of nitrogens with zero attached hydrogens (tertiary/aromatic N) is 1. The number of hydrogen-bond donors (Lipinski definition) is 5. The highest BCUT2D eigenvalue weighted by atomic mass is 16.5. The molecular weight excluding hydrogens is 594 g/mol. The highest BCUT2D eigenvalue weighted by Crippen LogP contribution is 2.53. The molecule has 248 valence electrons. The van der Waals surface area contributed by atoms with E-state index in [2.05, 4.69) is 22.1 Å². The van der Waals surface area contributed by atoms with Crippen LogP contribution in [-0.4, -0.2) is 56.7 Å². The Morgan fingerprint density at radius 1 is 1.15 bits per heavy atom. The van der Waals surface area contributed by atoms with Gasteiger partial charge in [0, 0.05) is 53.4 Å². The Morgan fingerprint density at radius 3 is 2.74 bits per heavy atom. The van der Waals surface area contributed by atoms with Crippen LogP contribution in [0.1, 0.15) is 78.8 Å². The fourth-order valence-electron chi connectivity index (χ4n) is 8.13. The van der Waals surface area contributed by atoms with Crippen molar-refractivity contribution >= 4 is 23.5 Å². The predicted octanol–water partition coefficient (Wildman–Crippen LogP) is 5.29. The van der Waals surface area contributed by atoms with Gasteiger partial charge in [-0.25, -0.2) is 4.98 Å². The molecule has 6 rings (SSSR count). The van der Waals surface area contributed by atoms with Crippen LogP contribution in [0, 0.1) is 23.2 Å². The molecule has 3 aromatic rings. The number of benzene rings is 1. The number of allylic oxidation sites excluding steroid dienone is 2. The van der Waals surface area contributed by atoms with Crippen LogP contribution in [0.4, 0.5) is 5.82 Å². The molecule has 6 atom stereocenters. The minimum absolute atomic E-state index is 0.0580. The predicted molar refractivity (Wildman–Crippen MR) is 180 cm³/mol. The van der Waals surface area contributed by atoms with E-state index in [1.54, 1.807) is 12.3 Å². The maximum absolute atomic E-state index is 13.1. The first-order valence-corrected chi connectivity index (χ1v) is 16.7. The summed E-state index contributed by atoms with van der Waals surface area (Å²) in [5.41, 5.74) is 9.02. The number of nitrogens with two attached hydrogens (primary N) is 1. The molecule has 0 aliphatic heterocycles. The lowest BCUT2D eigenvalue weighted by atomic mass is 9.63. The van der Waals surface area contributed by atoms with Gasteiger partial charge in [-0.2, -0.15) is 0 Å². The number of methoxy groups -OCH3 is 1. The van der Waals surface area contributed by atoms with Crippen molar-refractivity contribution in [3.63, 3.8) is 0 Å². The third-order valence-electron chi connectivity index (χ3n) is 10.6. The number of aryl methyl sites for hydroxylation is 1. The molecule has 1 aromatic carbocycles. The van der Waals surface area contributed by atoms with E-state index in [9.17, 15) is 24.9 Å². The van der Waals surface area contributed by atoms with Crippen molar-refractivity contribution in [2.45, 2.75) is 69.8 Å². The van der Waals surface area contributed by atoms with Crippen LogP contribution in [-0.2, 0) is 22.4 Å². The lowest BCUT2D eigenvalue weighted by molar-refractivity contribution is -0.139. The van der Waals surface area contributed by atoms with Crippen molar-refractivity contribution in [1.29, 1.82) is 0 Å². The summed E-state index contributed by atoms with van der Waals surface area (Å²) >= 11 is 0. The summed E-state index contributed by atoms with van der Waals surface area (Å²) in [6.45, 7) is -0.231. The van der Waals surface area contributed by atoms with Crippen molar-refractivity contribution in [1.82, 2.24) is 9.97 Å². The number of Topliss-reactive ketones (excluding diaryl/α,β-unsaturated/α-hetero) is 2. The highest BCUT2D eigenvalue weighted by Gasteiger charge is 2.44. The van der Waals surface area contributed by atoms with Crippen LogP contribution < -0.4 is 10.5 Å². The number of ether oxygens (including phenoxy) is 1. The van der Waals surface area contributed by atoms with E-state index < -0.39 is 29.0 Å². The number of fused-ring (bicyclic) bond motifs is 2. The van der Waals surface area contributed by atoms with Gasteiger partial charge in [0.05, 0.1) is 13.7 Å². The Hall–Kier alpha value is -4.21. The van der Waals surface area contributed by atoms with E-state index >= 15 is 0 Å². The molecule has 1 saturated carbocycles. The van der Waals surface area contributed by atoms with Crippen LogP contribution in [0.3, 0.4) is 0 Å². The maximum Gasteiger partial charge on any atom is 0.170 e. The number of rotatable bonds is 12. The Balaban J connectivity index is 1.24. The molecule has 9 heteroatoms. The number of phenolic OH excluding ortho intramolecular Hbond substituents is 1. The van der Waals surface area contributed by atoms with Gasteiger partial charge < -0.3 is 30.8 Å². The number of aliphatic hydroxyl groups excluding tert-OH is 2. The second-order valence-corrected chi connectivity index (χ2v) is 13.6. The summed E-state index contributed by atoms with van der Waals surface area (Å²) in [5.74, 6) is 0.205. The summed E-state index contributed by atoms with van der Waals surface area (Å²) in [6.07, 6.45) is 16.5. The number of anilines is 1. The third-order valence-corrected chi connectivity index (χ3v) is 10.6. The molecule has 0 spiro atoms. The number of ketones is 2. The number of aromatic nitrogens is 2. The largest absolute Gasteiger partial charge is 0.504 e. The first-order chi connectivity index (χ1) is 22.7. The van der Waals surface area contributed by atoms with Gasteiger partial charge in [0.2, 0.25) is 0 Å². The molecule has 47 heavy (non-hydrogen) atoms. The van der Waals surface area contributed by atoms with E-state index in [0.29, 0.717) is 40.8 Å². The number of H-pyrrole nitrogens is 1. The number of aromatic hydroxyl groups is 1. The molecular formula is C38H45N3O6. The molecule has 0 radical (unpaired) electrons. The minimum atomic E-state index is -1.67. The highest BCUT2D eigenvalue weighted by molar-refractivity contribution is 6.05. The van der Waals surface area contributed by atoms with Crippen LogP contribution in [0.5, 0.6) is 11.5 Å². The van der Waals surface area contributed by atoms with Crippen molar-refractivity contribution in [3.8, 4) is 11.5 Å². The average molecular weight is 640 g/mol. The van der Waals surface area contributed by atoms with Gasteiger partial charge in [-0.05, 0) is 85.3 Å². The number of nitrogen functional groups attached to an aromatic ring is 1. The lowest BCUT2D eigenvalue weighted by Gasteiger charge is -2.41. The first kappa shape index (κ1) is 32.7. The first-order valence-electron chi connectivity index (χ1n) is 16.7. The standard InChI is InChI=1S/C38H45N3O6/c1-47-33-20-24(9-11-31(43)36(46)32(44)19-23-8-10-25-5-2-3-6-26(25)17-23)18-30(35(33)45)34-28-13-16-41-37(39)29(28)12-14-38(34,22-42)21-27-7-4-15-40-27/h4,7-8,10,12-16,18,20,23,25-26,34,36,40,42,45-46H,2-3,5-6,9,11,17,19,21-22H2,1H3,(H2,39,41). The molecule has 2 heterocycles. The molecule has 3 aliphatic carbocycles. The Kier molecular flexibility index (Phi) is 9.66. The average Bonchev–Trinajstić information content (AvgIpc) is 3.60. The molecule has 0 amide bonds. The second kappa shape index (κ2) is 13.9. The topological polar surface area (TPSA) is 159 Å². The van der Waals surface area contributed by atoms with Crippen LogP contribution >= 0.6 is 0 Å². The molecule has 0 bridgehead atoms. The number of carbonyl (C=O) groups excluding carboxylic acids is 2. The van der Waals surface area contributed by atoms with Gasteiger partial charge in [-0.3, -0.25) is 9.59 Å².